The molecule has 10 aromatic carbocycles. The van der Waals surface area contributed by atoms with E-state index >= 15 is 0 Å². The molecule has 0 bridgehead atoms. The molecule has 0 saturated carbocycles. The molecule has 0 heterocycles. The van der Waals surface area contributed by atoms with Gasteiger partial charge >= 0.3 is 49.7 Å². The average molecular weight is 1170 g/mol. The molecule has 0 aliphatic rings. The Labute approximate surface area is 443 Å². The minimum Gasteiger partial charge on any atom is -0.672 e. The fourth-order valence-corrected chi connectivity index (χ4v) is 16.7. The summed E-state index contributed by atoms with van der Waals surface area (Å²) in [5.41, 5.74) is 19.5. The van der Waals surface area contributed by atoms with Crippen molar-refractivity contribution < 1.29 is 43.8 Å². The van der Waals surface area contributed by atoms with Crippen molar-refractivity contribution in [2.75, 3.05) is 0 Å². The number of fused-ring (bicyclic) bond motifs is 2. The van der Waals surface area contributed by atoms with Gasteiger partial charge < -0.3 is 31.0 Å². The molecule has 10 aromatic rings. The first-order valence-electron chi connectivity index (χ1n) is 22.9. The summed E-state index contributed by atoms with van der Waals surface area (Å²) in [6.07, 6.45) is 0. The van der Waals surface area contributed by atoms with Gasteiger partial charge in [-0.2, -0.15) is 0 Å². The molecule has 0 saturated heterocycles. The predicted octanol–water partition coefficient (Wildman–Crippen LogP) is 12.2. The fourth-order valence-electron chi connectivity index (χ4n) is 9.21. The van der Waals surface area contributed by atoms with Gasteiger partial charge in [0.1, 0.15) is 31.8 Å². The van der Waals surface area contributed by atoms with Crippen LogP contribution in [0, 0.1) is 0 Å². The summed E-state index contributed by atoms with van der Waals surface area (Å²) in [6.45, 7) is 0. The van der Waals surface area contributed by atoms with Gasteiger partial charge in [-0.3, -0.25) is 9.13 Å². The van der Waals surface area contributed by atoms with Crippen molar-refractivity contribution in [2.45, 2.75) is 12.1 Å². The van der Waals surface area contributed by atoms with Crippen molar-refractivity contribution in [1.82, 2.24) is 0 Å². The maximum atomic E-state index is 13.5. The first-order valence-corrected chi connectivity index (χ1v) is 33.6. The van der Waals surface area contributed by atoms with Crippen molar-refractivity contribution >= 4 is 114 Å². The number of rotatable bonds is 12. The third-order valence-electron chi connectivity index (χ3n) is 12.4. The van der Waals surface area contributed by atoms with Crippen molar-refractivity contribution in [3.63, 3.8) is 0 Å². The second-order valence-electron chi connectivity index (χ2n) is 16.9. The molecule has 8 nitrogen and oxygen atoms in total. The molecule has 2 atom stereocenters. The minimum atomic E-state index is -4.81. The fraction of sp³-hybridized carbons (Fsp3) is 0.0345. The van der Waals surface area contributed by atoms with Crippen molar-refractivity contribution in [2.24, 2.45) is 0 Å². The van der Waals surface area contributed by atoms with Crippen LogP contribution in [0.4, 0.5) is 0 Å². The van der Waals surface area contributed by atoms with Crippen LogP contribution in [0.1, 0.15) is 23.2 Å². The summed E-state index contributed by atoms with van der Waals surface area (Å²) < 4.78 is 27.0. The van der Waals surface area contributed by atoms with Gasteiger partial charge in [0, 0.05) is 11.1 Å². The summed E-state index contributed by atoms with van der Waals surface area (Å²) >= 11 is -0.346. The van der Waals surface area contributed by atoms with Crippen LogP contribution in [-0.4, -0.2) is 19.6 Å². The van der Waals surface area contributed by atoms with E-state index in [1.807, 2.05) is 158 Å². The molecule has 10 rings (SSSR count). The topological polar surface area (TPSA) is 163 Å². The van der Waals surface area contributed by atoms with E-state index in [2.05, 4.69) is 48.5 Å². The Hall–Kier alpha value is -5.00. The zero-order chi connectivity index (χ0) is 51.5. The van der Waals surface area contributed by atoms with Crippen LogP contribution in [0.15, 0.2) is 243 Å². The van der Waals surface area contributed by atoms with Crippen LogP contribution in [0.25, 0.3) is 44.1 Å². The average Bonchev–Trinajstić information content (AvgIpc) is 3.42. The van der Waals surface area contributed by atoms with Crippen LogP contribution in [0.2, 0.25) is 0 Å². The quantitative estimate of drug-likeness (QED) is 0.0703. The molecule has 73 heavy (non-hydrogen) atoms. The van der Waals surface area contributed by atoms with Gasteiger partial charge in [-0.05, 0) is 82.2 Å². The van der Waals surface area contributed by atoms with Crippen molar-refractivity contribution in [3.8, 4) is 11.1 Å². The summed E-state index contributed by atoms with van der Waals surface area (Å²) in [4.78, 5) is 43.9. The number of nitrogens with one attached hydrogen (secondary N) is 2. The van der Waals surface area contributed by atoms with Crippen LogP contribution in [-0.2, 0) is 24.3 Å². The molecule has 0 radical (unpaired) electrons. The third-order valence-corrected chi connectivity index (χ3v) is 19.9. The third kappa shape index (κ3) is 12.8. The van der Waals surface area contributed by atoms with Crippen LogP contribution in [0.5, 0.6) is 0 Å². The van der Waals surface area contributed by atoms with E-state index in [9.17, 15) is 28.7 Å². The number of hydrogen-bond acceptors (Lipinski definition) is 2. The molecule has 6 N–H and O–H groups in total. The van der Waals surface area contributed by atoms with E-state index in [0.29, 0.717) is 21.5 Å². The predicted molar refractivity (Wildman–Crippen MR) is 309 cm³/mol. The molecule has 0 spiro atoms. The largest absolute Gasteiger partial charge is 0.672 e. The molecular weight excluding hydrogens is 1120 g/mol. The van der Waals surface area contributed by atoms with E-state index in [0.717, 1.165) is 54.1 Å². The van der Waals surface area contributed by atoms with Gasteiger partial charge in [0.25, 0.3) is 0 Å². The van der Waals surface area contributed by atoms with Crippen molar-refractivity contribution in [3.05, 3.63) is 265 Å². The van der Waals surface area contributed by atoms with Gasteiger partial charge in [0.15, 0.2) is 0 Å². The van der Waals surface area contributed by atoms with Crippen LogP contribution >= 0.6 is 50.4 Å². The molecular formula is C58H50Cl2N2O6P4Ru+2. The molecule has 15 heteroatoms. The molecule has 0 amide bonds. The van der Waals surface area contributed by atoms with Gasteiger partial charge in [-0.1, -0.05) is 193 Å². The summed E-state index contributed by atoms with van der Waals surface area (Å²) in [6, 6.07) is 76.3. The molecule has 0 aliphatic carbocycles. The number of benzene rings is 10. The molecule has 0 fully saturated rings. The monoisotopic (exact) mass is 1170 g/mol. The smallest absolute Gasteiger partial charge is 0.0606 e. The molecule has 368 valence electrons. The molecule has 0 unspecified atom stereocenters. The molecule has 0 aromatic heterocycles. The first-order chi connectivity index (χ1) is 35.3. The van der Waals surface area contributed by atoms with Gasteiger partial charge in [0.05, 0.1) is 26.5 Å². The zero-order valence-electron chi connectivity index (χ0n) is 38.9. The maximum absolute atomic E-state index is 13.5. The Morgan fingerprint density at radius 1 is 0.370 bits per heavy atom. The van der Waals surface area contributed by atoms with E-state index < -0.39 is 43.1 Å². The zero-order valence-corrected chi connectivity index (χ0v) is 45.9. The first kappa shape index (κ1) is 54.3. The van der Waals surface area contributed by atoms with Crippen LogP contribution in [0.3, 0.4) is 0 Å². The van der Waals surface area contributed by atoms with Gasteiger partial charge in [0.2, 0.25) is 0 Å². The van der Waals surface area contributed by atoms with E-state index in [1.165, 1.54) is 0 Å². The van der Waals surface area contributed by atoms with E-state index in [4.69, 9.17) is 30.8 Å². The Morgan fingerprint density at radius 3 is 0.836 bits per heavy atom. The summed E-state index contributed by atoms with van der Waals surface area (Å²) in [5.74, 6) is 0. The van der Waals surface area contributed by atoms with Crippen molar-refractivity contribution in [1.29, 1.82) is 0 Å². The van der Waals surface area contributed by atoms with Gasteiger partial charge in [-0.15, -0.1) is 12.1 Å². The van der Waals surface area contributed by atoms with E-state index in [1.54, 1.807) is 36.4 Å². The summed E-state index contributed by atoms with van der Waals surface area (Å²) in [5, 5.41) is 7.69. The van der Waals surface area contributed by atoms with E-state index in [-0.39, 0.29) is 25.8 Å². The Morgan fingerprint density at radius 2 is 0.589 bits per heavy atom. The minimum absolute atomic E-state index is 0.0550. The number of halogens is 2. The second-order valence-corrected chi connectivity index (χ2v) is 27.5. The van der Waals surface area contributed by atoms with Crippen LogP contribution < -0.4 is 42.4 Å². The Bertz CT molecular complexity index is 3200. The normalized spacial score (nSPS) is 12.4. The summed E-state index contributed by atoms with van der Waals surface area (Å²) in [7, 11) is -3.89. The second kappa shape index (κ2) is 25.0. The standard InChI is InChI=1S/C44H34O6P4.C14H14N2.2ClH.Ru/c45-53(46,47)41-29-39(51(31-17-5-1-6-18-31)32-19-7-2-8-20-32)43(37-27-15-13-25-35(37)41)44-38-28-16-14-26-36(38)42(54(48,49)50)30-40(44)52(33-21-9-3-10-22-33)34-23-11-4-12-24-34;15-13(11-7-3-1-4-8-11)14(16)12-9-5-2-6-10-12;;;/h1-30H,(H2,45,46,47)(H2,48,49,50);1-10,13-16H;2*1H;/q;-2;;;+4/t;13-,14-;;;/m.1.../s1. The number of hydrogen-bond donors (Lipinski definition) is 4. The van der Waals surface area contributed by atoms with Gasteiger partial charge in [-0.25, -0.2) is 0 Å². The molecule has 0 aliphatic heterocycles. The Kier molecular flexibility index (Phi) is 18.6. The SMILES string of the molecule is O=P(O)(O)c1cc([PH+](c2ccccc2)c2ccccc2)c(-c2c([PH+](c3ccccc3)c3ccccc3)cc(P(=O)(O)O)c3ccccc23)c2ccccc12.[Cl][Ru+2][Cl].[NH-][C@H](c1ccccc1)[C@H]([NH-])c1ccccc1. The Balaban J connectivity index is 0.000000314. The maximum Gasteiger partial charge on any atom is -0.0606 e.